The van der Waals surface area contributed by atoms with Crippen LogP contribution in [-0.4, -0.2) is 78.7 Å². The number of rotatable bonds is 5. The highest BCUT2D eigenvalue weighted by Gasteiger charge is 2.38. The number of nitrogens with zero attached hydrogens (tertiary/aromatic N) is 4. The van der Waals surface area contributed by atoms with Crippen LogP contribution in [0.2, 0.25) is 0 Å². The highest BCUT2D eigenvalue weighted by molar-refractivity contribution is 6.35. The van der Waals surface area contributed by atoms with Crippen LogP contribution in [0.3, 0.4) is 0 Å². The minimum absolute atomic E-state index is 0.00291. The van der Waals surface area contributed by atoms with Gasteiger partial charge in [-0.15, -0.1) is 0 Å². The first-order valence-electron chi connectivity index (χ1n) is 11.6. The average Bonchev–Trinajstić information content (AvgIpc) is 2.83. The summed E-state index contributed by atoms with van der Waals surface area (Å²) < 4.78 is 0. The molecule has 2 aliphatic heterocycles. The largest absolute Gasteiger partial charge is 0.378 e. The second-order valence-electron chi connectivity index (χ2n) is 9.18. The molecule has 0 saturated carbocycles. The molecule has 2 aromatic rings. The zero-order valence-corrected chi connectivity index (χ0v) is 19.7. The molecular weight excluding hydrogens is 416 g/mol. The summed E-state index contributed by atoms with van der Waals surface area (Å²) in [5.41, 5.74) is 3.92. The summed E-state index contributed by atoms with van der Waals surface area (Å²) in [4.78, 5) is 45.7. The van der Waals surface area contributed by atoms with Crippen molar-refractivity contribution in [3.05, 3.63) is 65.2 Å². The molecule has 4 rings (SSSR count). The molecule has 0 aromatic heterocycles. The molecule has 7 heteroatoms. The van der Waals surface area contributed by atoms with Crippen LogP contribution in [0.15, 0.2) is 48.5 Å². The van der Waals surface area contributed by atoms with Crippen LogP contribution in [-0.2, 0) is 16.1 Å². The van der Waals surface area contributed by atoms with E-state index < -0.39 is 11.8 Å². The minimum atomic E-state index is -0.429. The van der Waals surface area contributed by atoms with Crippen LogP contribution in [0, 0.1) is 6.92 Å². The fourth-order valence-electron chi connectivity index (χ4n) is 4.57. The Labute approximate surface area is 195 Å². The van der Waals surface area contributed by atoms with E-state index in [0.717, 1.165) is 11.3 Å². The molecule has 0 spiro atoms. The van der Waals surface area contributed by atoms with Gasteiger partial charge < -0.3 is 19.6 Å². The summed E-state index contributed by atoms with van der Waals surface area (Å²) in [6, 6.07) is 15.6. The molecular formula is C26H32N4O3. The van der Waals surface area contributed by atoms with Crippen LogP contribution < -0.4 is 4.90 Å². The highest BCUT2D eigenvalue weighted by atomic mass is 16.2. The van der Waals surface area contributed by atoms with Gasteiger partial charge in [0, 0.05) is 64.1 Å². The van der Waals surface area contributed by atoms with Crippen molar-refractivity contribution in [1.29, 1.82) is 0 Å². The van der Waals surface area contributed by atoms with Crippen LogP contribution >= 0.6 is 0 Å². The van der Waals surface area contributed by atoms with E-state index in [1.54, 1.807) is 9.80 Å². The van der Waals surface area contributed by atoms with Gasteiger partial charge >= 0.3 is 11.8 Å². The fraction of sp³-hybridized carbons (Fsp3) is 0.423. The molecule has 2 heterocycles. The fourth-order valence-corrected chi connectivity index (χ4v) is 4.57. The van der Waals surface area contributed by atoms with Gasteiger partial charge in [0.2, 0.25) is 0 Å². The molecule has 0 aliphatic carbocycles. The Morgan fingerprint density at radius 2 is 1.52 bits per heavy atom. The Morgan fingerprint density at radius 3 is 2.12 bits per heavy atom. The Hall–Kier alpha value is -3.35. The Bertz CT molecular complexity index is 1010. The number of hydrogen-bond donors (Lipinski definition) is 0. The Morgan fingerprint density at radius 1 is 0.879 bits per heavy atom. The van der Waals surface area contributed by atoms with E-state index >= 15 is 0 Å². The first kappa shape index (κ1) is 22.8. The molecule has 2 saturated heterocycles. The van der Waals surface area contributed by atoms with Crippen molar-refractivity contribution in [1.82, 2.24) is 14.7 Å². The first-order chi connectivity index (χ1) is 15.8. The van der Waals surface area contributed by atoms with Gasteiger partial charge in [-0.3, -0.25) is 14.4 Å². The molecule has 0 radical (unpaired) electrons. The lowest BCUT2D eigenvalue weighted by atomic mass is 10.0. The lowest BCUT2D eigenvalue weighted by Crippen LogP contribution is -2.59. The van der Waals surface area contributed by atoms with Gasteiger partial charge in [0.15, 0.2) is 0 Å². The molecule has 0 atom stereocenters. The molecule has 33 heavy (non-hydrogen) atoms. The van der Waals surface area contributed by atoms with Crippen molar-refractivity contribution in [2.75, 3.05) is 45.2 Å². The molecule has 7 nitrogen and oxygen atoms in total. The molecule has 0 bridgehead atoms. The van der Waals surface area contributed by atoms with Gasteiger partial charge in [0.05, 0.1) is 0 Å². The number of carbonyl (C=O) groups is 3. The summed E-state index contributed by atoms with van der Waals surface area (Å²) in [5, 5.41) is 0. The van der Waals surface area contributed by atoms with Crippen molar-refractivity contribution in [3.8, 4) is 0 Å². The second-order valence-corrected chi connectivity index (χ2v) is 9.18. The number of likely N-dealkylation sites (tertiary alicyclic amines) is 1. The normalized spacial score (nSPS) is 17.5. The third-order valence-electron chi connectivity index (χ3n) is 6.66. The number of anilines is 1. The maximum absolute atomic E-state index is 12.9. The number of piperidine rings is 1. The lowest BCUT2D eigenvalue weighted by molar-refractivity contribution is -0.158. The van der Waals surface area contributed by atoms with E-state index in [1.807, 2.05) is 79.3 Å². The van der Waals surface area contributed by atoms with E-state index in [1.165, 1.54) is 5.56 Å². The maximum Gasteiger partial charge on any atom is 0.312 e. The van der Waals surface area contributed by atoms with Gasteiger partial charge in [-0.2, -0.15) is 0 Å². The second kappa shape index (κ2) is 9.65. The van der Waals surface area contributed by atoms with Crippen LogP contribution in [0.4, 0.5) is 5.69 Å². The SMILES string of the molecule is Cc1ccc(CN2CCN(C3CCN(C(=O)c4ccc(N(C)C)cc4)CC3)C(=O)C2=O)cc1. The summed E-state index contributed by atoms with van der Waals surface area (Å²) in [5.74, 6) is -0.831. The standard InChI is InChI=1S/C26H32N4O3/c1-19-4-6-20(7-5-19)18-29-16-17-30(26(33)25(29)32)23-12-14-28(15-13-23)24(31)21-8-10-22(11-9-21)27(2)3/h4-11,23H,12-18H2,1-3H3. The number of carbonyl (C=O) groups excluding carboxylic acids is 3. The predicted molar refractivity (Wildman–Crippen MR) is 128 cm³/mol. The van der Waals surface area contributed by atoms with Gasteiger partial charge in [-0.25, -0.2) is 0 Å². The molecule has 174 valence electrons. The highest BCUT2D eigenvalue weighted by Crippen LogP contribution is 2.22. The Kier molecular flexibility index (Phi) is 6.67. The van der Waals surface area contributed by atoms with E-state index in [2.05, 4.69) is 0 Å². The zero-order valence-electron chi connectivity index (χ0n) is 19.7. The molecule has 0 unspecified atom stereocenters. The van der Waals surface area contributed by atoms with Crippen molar-refractivity contribution in [2.45, 2.75) is 32.4 Å². The van der Waals surface area contributed by atoms with Gasteiger partial charge in [0.1, 0.15) is 0 Å². The first-order valence-corrected chi connectivity index (χ1v) is 11.6. The minimum Gasteiger partial charge on any atom is -0.378 e. The van der Waals surface area contributed by atoms with Crippen molar-refractivity contribution >= 4 is 23.4 Å². The predicted octanol–water partition coefficient (Wildman–Crippen LogP) is 2.54. The Balaban J connectivity index is 1.31. The maximum atomic E-state index is 12.9. The van der Waals surface area contributed by atoms with Crippen LogP contribution in [0.5, 0.6) is 0 Å². The van der Waals surface area contributed by atoms with Gasteiger partial charge in [-0.05, 0) is 49.6 Å². The average molecular weight is 449 g/mol. The third kappa shape index (κ3) is 5.02. The third-order valence-corrected chi connectivity index (χ3v) is 6.66. The molecule has 2 aliphatic rings. The van der Waals surface area contributed by atoms with E-state index in [9.17, 15) is 14.4 Å². The van der Waals surface area contributed by atoms with E-state index in [0.29, 0.717) is 51.1 Å². The lowest BCUT2D eigenvalue weighted by Gasteiger charge is -2.42. The summed E-state index contributed by atoms with van der Waals surface area (Å²) in [7, 11) is 3.94. The number of hydrogen-bond acceptors (Lipinski definition) is 4. The molecule has 2 aromatic carbocycles. The number of piperazine rings is 1. The summed E-state index contributed by atoms with van der Waals surface area (Å²) >= 11 is 0. The molecule has 2 fully saturated rings. The van der Waals surface area contributed by atoms with Crippen LogP contribution in [0.25, 0.3) is 0 Å². The summed E-state index contributed by atoms with van der Waals surface area (Å²) in [6.07, 6.45) is 1.39. The van der Waals surface area contributed by atoms with E-state index in [4.69, 9.17) is 0 Å². The number of aryl methyl sites for hydroxylation is 1. The van der Waals surface area contributed by atoms with E-state index in [-0.39, 0.29) is 11.9 Å². The van der Waals surface area contributed by atoms with Crippen molar-refractivity contribution < 1.29 is 14.4 Å². The monoisotopic (exact) mass is 448 g/mol. The summed E-state index contributed by atoms with van der Waals surface area (Å²) in [6.45, 7) is 4.74. The zero-order chi connectivity index (χ0) is 23.5. The topological polar surface area (TPSA) is 64.2 Å². The van der Waals surface area contributed by atoms with Gasteiger partial charge in [-0.1, -0.05) is 29.8 Å². The van der Waals surface area contributed by atoms with Crippen LogP contribution in [0.1, 0.15) is 34.3 Å². The molecule has 3 amide bonds. The van der Waals surface area contributed by atoms with Crippen molar-refractivity contribution in [2.24, 2.45) is 0 Å². The smallest absolute Gasteiger partial charge is 0.312 e. The van der Waals surface area contributed by atoms with Gasteiger partial charge in [0.25, 0.3) is 5.91 Å². The molecule has 0 N–H and O–H groups in total. The van der Waals surface area contributed by atoms with Crippen molar-refractivity contribution in [3.63, 3.8) is 0 Å². The number of benzene rings is 2. The quantitative estimate of drug-likeness (QED) is 0.660. The number of amides is 3.